The van der Waals surface area contributed by atoms with Crippen molar-refractivity contribution in [3.05, 3.63) is 35.4 Å². The van der Waals surface area contributed by atoms with Gasteiger partial charge in [-0.1, -0.05) is 37.1 Å². The first-order valence-electron chi connectivity index (χ1n) is 5.86. The Morgan fingerprint density at radius 2 is 2.00 bits per heavy atom. The van der Waals surface area contributed by atoms with E-state index >= 15 is 0 Å². The third-order valence-electron chi connectivity index (χ3n) is 2.38. The Balaban J connectivity index is 2.54. The molecule has 0 amide bonds. The first-order valence-corrected chi connectivity index (χ1v) is 5.86. The number of unbranched alkanes of at least 4 members (excludes halogenated alkanes) is 1. The third-order valence-corrected chi connectivity index (χ3v) is 2.38. The highest BCUT2D eigenvalue weighted by atomic mass is 16.5. The molecule has 0 bridgehead atoms. The SMILES string of the molecule is CCCCOc1ccc(C=C(C)CN)cc1. The molecule has 0 aromatic heterocycles. The van der Waals surface area contributed by atoms with E-state index < -0.39 is 0 Å². The Bertz CT molecular complexity index is 327. The van der Waals surface area contributed by atoms with Gasteiger partial charge in [-0.3, -0.25) is 0 Å². The fourth-order valence-electron chi connectivity index (χ4n) is 1.34. The van der Waals surface area contributed by atoms with Gasteiger partial charge in [-0.2, -0.15) is 0 Å². The molecule has 2 heteroatoms. The van der Waals surface area contributed by atoms with Crippen LogP contribution in [-0.2, 0) is 0 Å². The second-order valence-electron chi connectivity index (χ2n) is 3.97. The minimum absolute atomic E-state index is 0.606. The molecule has 0 aliphatic rings. The summed E-state index contributed by atoms with van der Waals surface area (Å²) in [5.74, 6) is 0.941. The van der Waals surface area contributed by atoms with E-state index in [1.807, 2.05) is 19.1 Å². The van der Waals surface area contributed by atoms with E-state index in [4.69, 9.17) is 10.5 Å². The first-order chi connectivity index (χ1) is 7.76. The van der Waals surface area contributed by atoms with Gasteiger partial charge in [-0.25, -0.2) is 0 Å². The van der Waals surface area contributed by atoms with E-state index in [2.05, 4.69) is 25.1 Å². The van der Waals surface area contributed by atoms with Gasteiger partial charge in [0.25, 0.3) is 0 Å². The smallest absolute Gasteiger partial charge is 0.119 e. The van der Waals surface area contributed by atoms with Crippen LogP contribution < -0.4 is 10.5 Å². The molecule has 0 saturated carbocycles. The van der Waals surface area contributed by atoms with Crippen LogP contribution in [0.3, 0.4) is 0 Å². The maximum absolute atomic E-state index is 5.59. The van der Waals surface area contributed by atoms with Crippen molar-refractivity contribution >= 4 is 6.08 Å². The van der Waals surface area contributed by atoms with Crippen molar-refractivity contribution in [2.45, 2.75) is 26.7 Å². The molecule has 0 unspecified atom stereocenters. The van der Waals surface area contributed by atoms with Gasteiger partial charge < -0.3 is 10.5 Å². The van der Waals surface area contributed by atoms with E-state index in [1.54, 1.807) is 0 Å². The Morgan fingerprint density at radius 3 is 2.56 bits per heavy atom. The first kappa shape index (κ1) is 12.8. The van der Waals surface area contributed by atoms with Gasteiger partial charge in [0.15, 0.2) is 0 Å². The predicted molar refractivity (Wildman–Crippen MR) is 69.6 cm³/mol. The Kier molecular flexibility index (Phi) is 5.65. The Hall–Kier alpha value is -1.28. The molecule has 1 aromatic carbocycles. The molecule has 0 aliphatic carbocycles. The van der Waals surface area contributed by atoms with Gasteiger partial charge in [0.1, 0.15) is 5.75 Å². The molecule has 0 aliphatic heterocycles. The summed E-state index contributed by atoms with van der Waals surface area (Å²) in [7, 11) is 0. The minimum atomic E-state index is 0.606. The van der Waals surface area contributed by atoms with Gasteiger partial charge in [-0.15, -0.1) is 0 Å². The summed E-state index contributed by atoms with van der Waals surface area (Å²) in [5.41, 5.74) is 7.89. The fourth-order valence-corrected chi connectivity index (χ4v) is 1.34. The summed E-state index contributed by atoms with van der Waals surface area (Å²) in [6.45, 7) is 5.60. The summed E-state index contributed by atoms with van der Waals surface area (Å²) in [6.07, 6.45) is 4.36. The van der Waals surface area contributed by atoms with Crippen LogP contribution in [-0.4, -0.2) is 13.2 Å². The summed E-state index contributed by atoms with van der Waals surface area (Å²) < 4.78 is 5.59. The van der Waals surface area contributed by atoms with Crippen LogP contribution in [0, 0.1) is 0 Å². The van der Waals surface area contributed by atoms with Crippen LogP contribution in [0.25, 0.3) is 6.08 Å². The summed E-state index contributed by atoms with van der Waals surface area (Å²) in [4.78, 5) is 0. The van der Waals surface area contributed by atoms with Crippen LogP contribution in [0.1, 0.15) is 32.3 Å². The zero-order chi connectivity index (χ0) is 11.8. The quantitative estimate of drug-likeness (QED) is 0.745. The molecule has 0 saturated heterocycles. The van der Waals surface area contributed by atoms with Crippen LogP contribution in [0.15, 0.2) is 29.8 Å². The molecule has 0 spiro atoms. The topological polar surface area (TPSA) is 35.2 Å². The molecule has 2 nitrogen and oxygen atoms in total. The largest absolute Gasteiger partial charge is 0.494 e. The van der Waals surface area contributed by atoms with Crippen molar-refractivity contribution < 1.29 is 4.74 Å². The number of hydrogen-bond acceptors (Lipinski definition) is 2. The molecule has 0 radical (unpaired) electrons. The maximum atomic E-state index is 5.59. The molecule has 0 atom stereocenters. The van der Waals surface area contributed by atoms with Gasteiger partial charge in [0.05, 0.1) is 6.61 Å². The van der Waals surface area contributed by atoms with E-state index in [1.165, 1.54) is 11.1 Å². The minimum Gasteiger partial charge on any atom is -0.494 e. The van der Waals surface area contributed by atoms with E-state index in [0.717, 1.165) is 25.2 Å². The monoisotopic (exact) mass is 219 g/mol. The zero-order valence-electron chi connectivity index (χ0n) is 10.2. The molecule has 88 valence electrons. The Labute approximate surface area is 98.1 Å². The van der Waals surface area contributed by atoms with Crippen molar-refractivity contribution in [2.75, 3.05) is 13.2 Å². The number of benzene rings is 1. The van der Waals surface area contributed by atoms with Gasteiger partial charge in [0.2, 0.25) is 0 Å². The molecule has 1 aromatic rings. The lowest BCUT2D eigenvalue weighted by Gasteiger charge is -2.05. The van der Waals surface area contributed by atoms with Gasteiger partial charge in [0, 0.05) is 6.54 Å². The van der Waals surface area contributed by atoms with Crippen LogP contribution in [0.5, 0.6) is 5.75 Å². The molecule has 0 fully saturated rings. The van der Waals surface area contributed by atoms with Crippen molar-refractivity contribution in [1.29, 1.82) is 0 Å². The second-order valence-corrected chi connectivity index (χ2v) is 3.97. The van der Waals surface area contributed by atoms with Crippen molar-refractivity contribution in [2.24, 2.45) is 5.73 Å². The van der Waals surface area contributed by atoms with Crippen LogP contribution in [0.2, 0.25) is 0 Å². The summed E-state index contributed by atoms with van der Waals surface area (Å²) >= 11 is 0. The molecular formula is C14H21NO. The number of nitrogens with two attached hydrogens (primary N) is 1. The van der Waals surface area contributed by atoms with Gasteiger partial charge in [-0.05, 0) is 31.0 Å². The standard InChI is InChI=1S/C14H21NO/c1-3-4-9-16-14-7-5-13(6-8-14)10-12(2)11-15/h5-8,10H,3-4,9,11,15H2,1-2H3. The maximum Gasteiger partial charge on any atom is 0.119 e. The molecule has 16 heavy (non-hydrogen) atoms. The lowest BCUT2D eigenvalue weighted by Crippen LogP contribution is -1.99. The van der Waals surface area contributed by atoms with E-state index in [9.17, 15) is 0 Å². The highest BCUT2D eigenvalue weighted by Crippen LogP contribution is 2.14. The summed E-state index contributed by atoms with van der Waals surface area (Å²) in [5, 5.41) is 0. The highest BCUT2D eigenvalue weighted by Gasteiger charge is 1.94. The number of hydrogen-bond donors (Lipinski definition) is 1. The van der Waals surface area contributed by atoms with Crippen LogP contribution >= 0.6 is 0 Å². The normalized spacial score (nSPS) is 11.6. The molecule has 0 heterocycles. The lowest BCUT2D eigenvalue weighted by molar-refractivity contribution is 0.309. The second kappa shape index (κ2) is 7.07. The fraction of sp³-hybridized carbons (Fsp3) is 0.429. The molecule has 1 rings (SSSR count). The van der Waals surface area contributed by atoms with E-state index in [0.29, 0.717) is 6.54 Å². The average Bonchev–Trinajstić information content (AvgIpc) is 2.31. The molecule has 2 N–H and O–H groups in total. The summed E-state index contributed by atoms with van der Waals surface area (Å²) in [6, 6.07) is 8.12. The van der Waals surface area contributed by atoms with E-state index in [-0.39, 0.29) is 0 Å². The predicted octanol–water partition coefficient (Wildman–Crippen LogP) is 3.23. The van der Waals surface area contributed by atoms with Crippen molar-refractivity contribution in [3.63, 3.8) is 0 Å². The highest BCUT2D eigenvalue weighted by molar-refractivity contribution is 5.53. The third kappa shape index (κ3) is 4.49. The Morgan fingerprint density at radius 1 is 1.31 bits per heavy atom. The number of ether oxygens (including phenoxy) is 1. The van der Waals surface area contributed by atoms with Crippen molar-refractivity contribution in [3.8, 4) is 5.75 Å². The average molecular weight is 219 g/mol. The van der Waals surface area contributed by atoms with Gasteiger partial charge >= 0.3 is 0 Å². The van der Waals surface area contributed by atoms with Crippen molar-refractivity contribution in [1.82, 2.24) is 0 Å². The van der Waals surface area contributed by atoms with Crippen LogP contribution in [0.4, 0.5) is 0 Å². The zero-order valence-corrected chi connectivity index (χ0v) is 10.2. The lowest BCUT2D eigenvalue weighted by atomic mass is 10.1. The molecular weight excluding hydrogens is 198 g/mol. The number of rotatable bonds is 6.